The van der Waals surface area contributed by atoms with E-state index in [2.05, 4.69) is 5.10 Å². The van der Waals surface area contributed by atoms with Gasteiger partial charge in [0, 0.05) is 5.71 Å². The first-order valence-electron chi connectivity index (χ1n) is 4.66. The molecule has 1 aliphatic rings. The third kappa shape index (κ3) is 3.23. The van der Waals surface area contributed by atoms with Crippen LogP contribution in [0.25, 0.3) is 0 Å². The number of anilines is 1. The second-order valence-corrected chi connectivity index (χ2v) is 4.43. The van der Waals surface area contributed by atoms with Gasteiger partial charge in [0.15, 0.2) is 11.1 Å². The van der Waals surface area contributed by atoms with Crippen LogP contribution in [0, 0.1) is 0 Å². The van der Waals surface area contributed by atoms with E-state index < -0.39 is 11.1 Å². The molecule has 0 fully saturated rings. The molecule has 17 heavy (non-hydrogen) atoms. The summed E-state index contributed by atoms with van der Waals surface area (Å²) in [5.41, 5.74) is 1.37. The van der Waals surface area contributed by atoms with Crippen molar-refractivity contribution < 1.29 is 13.6 Å². The molecule has 7 heteroatoms. The molecule has 0 radical (unpaired) electrons. The van der Waals surface area contributed by atoms with Crippen LogP contribution in [0.1, 0.15) is 13.3 Å². The van der Waals surface area contributed by atoms with E-state index in [1.807, 2.05) is 0 Å². The van der Waals surface area contributed by atoms with Crippen LogP contribution < -0.4 is 5.01 Å². The number of hydrogen-bond donors (Lipinski definition) is 1. The van der Waals surface area contributed by atoms with E-state index in [0.717, 1.165) is 5.71 Å². The number of benzene rings is 1. The molecule has 0 spiro atoms. The first kappa shape index (κ1) is 14.5. The Hall–Kier alpha value is -0.530. The minimum atomic E-state index is -1.99. The minimum absolute atomic E-state index is 0. The second-order valence-electron chi connectivity index (χ2n) is 3.46. The van der Waals surface area contributed by atoms with Gasteiger partial charge in [-0.25, -0.2) is 9.22 Å². The molecule has 2 rings (SSSR count). The summed E-state index contributed by atoms with van der Waals surface area (Å²) in [6.07, 6.45) is 0.327. The van der Waals surface area contributed by atoms with Crippen molar-refractivity contribution in [1.82, 2.24) is 0 Å². The number of carbonyl (C=O) groups excluding carboxylic acids is 1. The van der Waals surface area contributed by atoms with Crippen molar-refractivity contribution in [1.29, 1.82) is 0 Å². The molecule has 0 aromatic heterocycles. The molecule has 1 atom stereocenters. The summed E-state index contributed by atoms with van der Waals surface area (Å²) in [5.74, 6) is -0.0876. The Morgan fingerprint density at radius 2 is 1.94 bits per heavy atom. The van der Waals surface area contributed by atoms with E-state index in [1.165, 1.54) is 17.1 Å². The zero-order valence-corrected chi connectivity index (χ0v) is 9.40. The number of rotatable bonds is 2. The number of hydrogen-bond acceptors (Lipinski definition) is 3. The van der Waals surface area contributed by atoms with Gasteiger partial charge in [-0.05, 0) is 31.2 Å². The molecule has 1 aromatic carbocycles. The molecule has 0 saturated carbocycles. The Bertz CT molecular complexity index is 487. The van der Waals surface area contributed by atoms with Crippen LogP contribution in [0.2, 0.25) is 0 Å². The molecule has 0 saturated heterocycles. The van der Waals surface area contributed by atoms with Crippen LogP contribution in [0.5, 0.6) is 0 Å². The van der Waals surface area contributed by atoms with Gasteiger partial charge in [0.1, 0.15) is 0 Å². The molecule has 1 aromatic rings. The molecule has 1 unspecified atom stereocenters. The molecular weight excluding hydrogens is 251 g/mol. The van der Waals surface area contributed by atoms with E-state index in [9.17, 15) is 9.00 Å². The van der Waals surface area contributed by atoms with Gasteiger partial charge >= 0.3 is 29.6 Å². The molecule has 1 N–H and O–H groups in total. The maximum absolute atomic E-state index is 11.5. The first-order chi connectivity index (χ1) is 7.58. The van der Waals surface area contributed by atoms with E-state index >= 15 is 0 Å². The summed E-state index contributed by atoms with van der Waals surface area (Å²) >= 11 is -1.99. The first-order valence-corrected chi connectivity index (χ1v) is 5.76. The van der Waals surface area contributed by atoms with E-state index in [-0.39, 0.29) is 35.5 Å². The molecule has 0 bridgehead atoms. The van der Waals surface area contributed by atoms with Crippen LogP contribution in [0.15, 0.2) is 34.3 Å². The van der Waals surface area contributed by atoms with Crippen molar-refractivity contribution in [2.24, 2.45) is 5.10 Å². The van der Waals surface area contributed by atoms with Gasteiger partial charge in [0.25, 0.3) is 5.91 Å². The van der Waals surface area contributed by atoms with Gasteiger partial charge in [-0.1, -0.05) is 0 Å². The molecule has 0 aliphatic carbocycles. The van der Waals surface area contributed by atoms with Crippen LogP contribution in [-0.2, 0) is 15.9 Å². The van der Waals surface area contributed by atoms with Crippen molar-refractivity contribution in [3.8, 4) is 0 Å². The zero-order valence-electron chi connectivity index (χ0n) is 8.58. The van der Waals surface area contributed by atoms with Crippen molar-refractivity contribution in [3.05, 3.63) is 24.3 Å². The molecule has 1 aliphatic heterocycles. The van der Waals surface area contributed by atoms with Gasteiger partial charge in [0.05, 0.1) is 17.0 Å². The standard InChI is InChI=1S/C10H10N2O3S.Na.H/c1-7-6-10(13)12(11-7)8-2-4-9(5-3-8)16(14)15;;/h2-5H,6H2,1H3,(H,14,15);;. The maximum atomic E-state index is 11.5. The van der Waals surface area contributed by atoms with Gasteiger partial charge < -0.3 is 4.55 Å². The topological polar surface area (TPSA) is 70.0 Å². The van der Waals surface area contributed by atoms with E-state index in [4.69, 9.17) is 4.55 Å². The zero-order chi connectivity index (χ0) is 11.7. The van der Waals surface area contributed by atoms with E-state index in [1.54, 1.807) is 19.1 Å². The predicted octanol–water partition coefficient (Wildman–Crippen LogP) is 0.731. The number of nitrogens with zero attached hydrogens (tertiary/aromatic N) is 2. The van der Waals surface area contributed by atoms with Crippen LogP contribution >= 0.6 is 0 Å². The third-order valence-electron chi connectivity index (χ3n) is 2.20. The summed E-state index contributed by atoms with van der Waals surface area (Å²) in [6.45, 7) is 1.79. The van der Waals surface area contributed by atoms with Crippen molar-refractivity contribution >= 4 is 57.9 Å². The Labute approximate surface area is 123 Å². The molecule has 5 nitrogen and oxygen atoms in total. The summed E-state index contributed by atoms with van der Waals surface area (Å²) in [5, 5.41) is 5.38. The SMILES string of the molecule is CC1=NN(c2ccc(S(=O)O)cc2)C(=O)C1.[NaH]. The molecular formula is C10H11N2NaO3S. The average Bonchev–Trinajstić information content (AvgIpc) is 2.58. The summed E-state index contributed by atoms with van der Waals surface area (Å²) < 4.78 is 19.6. The van der Waals surface area contributed by atoms with Crippen molar-refractivity contribution in [2.75, 3.05) is 5.01 Å². The number of carbonyl (C=O) groups is 1. The van der Waals surface area contributed by atoms with Gasteiger partial charge in [0.2, 0.25) is 0 Å². The molecule has 1 heterocycles. The van der Waals surface area contributed by atoms with Crippen molar-refractivity contribution in [2.45, 2.75) is 18.2 Å². The monoisotopic (exact) mass is 262 g/mol. The normalized spacial score (nSPS) is 16.5. The molecule has 86 valence electrons. The third-order valence-corrected chi connectivity index (χ3v) is 2.87. The summed E-state index contributed by atoms with van der Waals surface area (Å²) in [6, 6.07) is 6.21. The van der Waals surface area contributed by atoms with Crippen LogP contribution in [0.3, 0.4) is 0 Å². The van der Waals surface area contributed by atoms with Gasteiger partial charge in [-0.2, -0.15) is 5.10 Å². The quantitative estimate of drug-likeness (QED) is 0.631. The van der Waals surface area contributed by atoms with Gasteiger partial charge in [-0.15, -0.1) is 0 Å². The predicted molar refractivity (Wildman–Crippen MR) is 67.8 cm³/mol. The summed E-state index contributed by atoms with van der Waals surface area (Å²) in [7, 11) is 0. The fraction of sp³-hybridized carbons (Fsp3) is 0.200. The van der Waals surface area contributed by atoms with Crippen LogP contribution in [0.4, 0.5) is 5.69 Å². The molecule has 1 amide bonds. The summed E-state index contributed by atoms with van der Waals surface area (Å²) in [4.78, 5) is 11.8. The second kappa shape index (κ2) is 5.88. The fourth-order valence-electron chi connectivity index (χ4n) is 1.46. The van der Waals surface area contributed by atoms with E-state index in [0.29, 0.717) is 17.0 Å². The fourth-order valence-corrected chi connectivity index (χ4v) is 1.83. The van der Waals surface area contributed by atoms with Gasteiger partial charge in [-0.3, -0.25) is 4.79 Å². The number of amides is 1. The Morgan fingerprint density at radius 3 is 2.35 bits per heavy atom. The van der Waals surface area contributed by atoms with Crippen molar-refractivity contribution in [3.63, 3.8) is 0 Å². The Kier molecular flexibility index (Phi) is 5.03. The Balaban J connectivity index is 0.00000144. The number of hydrazone groups is 1. The van der Waals surface area contributed by atoms with Crippen LogP contribution in [-0.4, -0.2) is 49.9 Å². The average molecular weight is 262 g/mol. The Morgan fingerprint density at radius 1 is 1.35 bits per heavy atom.